The molecule has 28 heteroatoms. The molecule has 30 atom stereocenters. The van der Waals surface area contributed by atoms with E-state index < -0.39 is 149 Å². The Bertz CT molecular complexity index is 2910. The van der Waals surface area contributed by atoms with E-state index in [2.05, 4.69) is 143 Å². The first-order chi connectivity index (χ1) is 62.5. The van der Waals surface area contributed by atoms with Crippen molar-refractivity contribution in [2.75, 3.05) is 72.7 Å². The van der Waals surface area contributed by atoms with Crippen LogP contribution in [0, 0.1) is 94.7 Å². The number of aliphatic hydroxyl groups is 8. The van der Waals surface area contributed by atoms with Crippen molar-refractivity contribution in [1.82, 2.24) is 0 Å². The molecule has 0 spiro atoms. The first-order valence-corrected chi connectivity index (χ1v) is 56.2. The Labute approximate surface area is 804 Å². The highest BCUT2D eigenvalue weighted by Gasteiger charge is 2.53. The fourth-order valence-electron chi connectivity index (χ4n) is 18.8. The van der Waals surface area contributed by atoms with Gasteiger partial charge in [-0.25, -0.2) is 8.75 Å². The number of ether oxygens (including phenoxy) is 10. The summed E-state index contributed by atoms with van der Waals surface area (Å²) < 4.78 is 126. The van der Waals surface area contributed by atoms with Crippen LogP contribution in [-0.2, 0) is 75.6 Å². The molecule has 0 aromatic rings. The van der Waals surface area contributed by atoms with Crippen LogP contribution in [-0.4, -0.2) is 236 Å². The van der Waals surface area contributed by atoms with E-state index in [0.29, 0.717) is 73.8 Å². The fraction of sp³-hybridized carbons (Fsp3) is 1.00. The van der Waals surface area contributed by atoms with Gasteiger partial charge in [-0.3, -0.25) is 13.6 Å². The largest absolute Gasteiger partial charge is 0.472 e. The second-order valence-electron chi connectivity index (χ2n) is 44.4. The predicted octanol–water partition coefficient (Wildman–Crippen LogP) is 21.1. The molecular formula is C104H205O26PS. The van der Waals surface area contributed by atoms with E-state index in [0.717, 1.165) is 137 Å². The summed E-state index contributed by atoms with van der Waals surface area (Å²) in [5, 5.41) is 90.6. The maximum atomic E-state index is 14.2. The van der Waals surface area contributed by atoms with Crippen LogP contribution in [0.15, 0.2) is 0 Å². The molecule has 0 aliphatic carbocycles. The molecule has 0 radical (unpaired) electrons. The summed E-state index contributed by atoms with van der Waals surface area (Å²) >= 11 is 0. The molecule has 0 aromatic heterocycles. The molecule has 132 heavy (non-hydrogen) atoms. The molecule has 3 saturated heterocycles. The van der Waals surface area contributed by atoms with E-state index in [1.807, 2.05) is 0 Å². The molecular weight excluding hydrogens is 1730 g/mol. The topological polar surface area (TPSA) is 374 Å². The highest BCUT2D eigenvalue weighted by atomic mass is 32.3. The van der Waals surface area contributed by atoms with Crippen LogP contribution in [0.2, 0.25) is 0 Å². The third-order valence-electron chi connectivity index (χ3n) is 28.5. The Morgan fingerprint density at radius 1 is 0.295 bits per heavy atom. The first-order valence-electron chi connectivity index (χ1n) is 53.3. The highest BCUT2D eigenvalue weighted by Crippen LogP contribution is 2.45. The summed E-state index contributed by atoms with van der Waals surface area (Å²) in [4.78, 5) is 11.6. The lowest BCUT2D eigenvalue weighted by Crippen LogP contribution is -2.65. The van der Waals surface area contributed by atoms with Gasteiger partial charge in [-0.15, -0.1) is 0 Å². The van der Waals surface area contributed by atoms with Gasteiger partial charge in [0.05, 0.1) is 46.2 Å². The van der Waals surface area contributed by atoms with Gasteiger partial charge in [-0.2, -0.15) is 8.42 Å². The second-order valence-corrected chi connectivity index (χ2v) is 46.9. The van der Waals surface area contributed by atoms with Crippen molar-refractivity contribution in [3.05, 3.63) is 0 Å². The zero-order chi connectivity index (χ0) is 98.3. The van der Waals surface area contributed by atoms with E-state index in [4.69, 9.17) is 56.4 Å². The molecule has 3 heterocycles. The molecule has 0 saturated carbocycles. The average molecular weight is 1930 g/mol. The quantitative estimate of drug-likeness (QED) is 0.0154. The van der Waals surface area contributed by atoms with E-state index >= 15 is 0 Å². The number of aliphatic hydroxyl groups excluding tert-OH is 8. The van der Waals surface area contributed by atoms with Gasteiger partial charge in [0.1, 0.15) is 85.5 Å². The number of rotatable bonds is 83. The van der Waals surface area contributed by atoms with Crippen LogP contribution in [0.5, 0.6) is 0 Å². The molecule has 3 rings (SSSR count). The van der Waals surface area contributed by atoms with Crippen LogP contribution in [0.4, 0.5) is 0 Å². The normalized spacial score (nSPS) is 26.7. The molecule has 0 amide bonds. The van der Waals surface area contributed by atoms with Crippen LogP contribution in [0.25, 0.3) is 0 Å². The first kappa shape index (κ1) is 125. The molecule has 3 aliphatic heterocycles. The zero-order valence-electron chi connectivity index (χ0n) is 87.0. The van der Waals surface area contributed by atoms with Crippen molar-refractivity contribution >= 4 is 18.2 Å². The summed E-state index contributed by atoms with van der Waals surface area (Å²) in [6.45, 7) is 44.8. The lowest BCUT2D eigenvalue weighted by molar-refractivity contribution is -0.373. The Morgan fingerprint density at radius 3 is 0.924 bits per heavy atom. The third-order valence-corrected chi connectivity index (χ3v) is 29.9. The molecule has 26 nitrogen and oxygen atoms in total. The van der Waals surface area contributed by atoms with Gasteiger partial charge >= 0.3 is 18.2 Å². The van der Waals surface area contributed by atoms with Crippen molar-refractivity contribution in [2.24, 2.45) is 94.7 Å². The Morgan fingerprint density at radius 2 is 0.591 bits per heavy atom. The van der Waals surface area contributed by atoms with Gasteiger partial charge in [0.15, 0.2) is 18.9 Å². The van der Waals surface area contributed by atoms with Gasteiger partial charge in [0, 0.05) is 26.4 Å². The van der Waals surface area contributed by atoms with Gasteiger partial charge < -0.3 is 93.1 Å². The molecule has 3 fully saturated rings. The van der Waals surface area contributed by atoms with E-state index in [-0.39, 0.29) is 19.8 Å². The second kappa shape index (κ2) is 71.7. The molecule has 0 aromatic carbocycles. The molecule has 3 aliphatic rings. The van der Waals surface area contributed by atoms with Crippen molar-refractivity contribution in [2.45, 2.75) is 500 Å². The molecule has 0 bridgehead atoms. The highest BCUT2D eigenvalue weighted by molar-refractivity contribution is 7.80. The number of phosphoric ester groups is 1. The Hall–Kier alpha value is -0.740. The summed E-state index contributed by atoms with van der Waals surface area (Å²) in [5.74, 6) is 10.1. The van der Waals surface area contributed by atoms with Crippen molar-refractivity contribution in [3.8, 4) is 0 Å². The third kappa shape index (κ3) is 58.7. The number of hydrogen-bond donors (Lipinski definition) is 10. The Balaban J connectivity index is 1.91. The smallest absolute Gasteiger partial charge is 0.394 e. The zero-order valence-corrected chi connectivity index (χ0v) is 88.7. The van der Waals surface area contributed by atoms with Gasteiger partial charge in [0.2, 0.25) is 0 Å². The van der Waals surface area contributed by atoms with Crippen molar-refractivity contribution in [3.63, 3.8) is 0 Å². The van der Waals surface area contributed by atoms with Crippen LogP contribution >= 0.6 is 7.82 Å². The summed E-state index contributed by atoms with van der Waals surface area (Å²) in [5.41, 5.74) is 0. The van der Waals surface area contributed by atoms with Gasteiger partial charge in [-0.1, -0.05) is 370 Å². The maximum absolute atomic E-state index is 14.2. The fourth-order valence-corrected chi connectivity index (χ4v) is 20.0. The van der Waals surface area contributed by atoms with Crippen molar-refractivity contribution in [1.29, 1.82) is 0 Å². The van der Waals surface area contributed by atoms with E-state index in [1.54, 1.807) is 0 Å². The number of phosphoric acid groups is 1. The number of hydrogen-bond acceptors (Lipinski definition) is 24. The lowest BCUT2D eigenvalue weighted by Gasteiger charge is -2.46. The SMILES string of the molecule is CC(C)CCCC(C)CCCC(C)CCCC(C)CCOC[C@H](CO[C@H]1O[C@H](COP(=O)(O)OC[C@@H](COCCC(C)CCCC(C)CCCC(C)CCCC(C)C)OCCC(C)CCCC(C)CCCC(C)CCCC(C)C)[C@@H](O)[C@H](O)[C@H]1O[C@@H]1O[C@H](CO[C@@H]2O[C@H](CO)[C@H](O)[C@H](OS(=O)(=O)O)[C@H]2O)[C@@H](O)[C@H](O)[C@@H]1O)OCCC(C)CCCC(C)CCCC(C)CCCC(C)C. The lowest BCUT2D eigenvalue weighted by atomic mass is 9.91. The Kier molecular flexibility index (Phi) is 68.1. The van der Waals surface area contributed by atoms with Crippen LogP contribution in [0.1, 0.15) is 395 Å². The van der Waals surface area contributed by atoms with Crippen LogP contribution in [0.3, 0.4) is 0 Å². The monoisotopic (exact) mass is 1930 g/mol. The minimum Gasteiger partial charge on any atom is -0.394 e. The van der Waals surface area contributed by atoms with Gasteiger partial charge in [0.25, 0.3) is 0 Å². The van der Waals surface area contributed by atoms with Crippen molar-refractivity contribution < 1.29 is 124 Å². The standard InChI is InChI=1S/C104H205O26PS/c1-72(2)33-21-37-76(9)41-25-45-80(13)49-29-53-84(17)57-61-118-66-88(120-63-59-86(19)55-31-51-82(15)47-27-43-78(11)39-23-35-74(5)6)68-122-104-101(129-103-98(111)96(109)93(106)91(127-103)70-123-102-99(112)100(130-132(115,116)117)95(108)90(65-105)126-102)97(110)94(107)92(128-104)71-125-131(113,114)124-69-89(121-64-60-87(20)56-32-52-83(16)48-28-44-79(12)40-24-36-75(7)8)67-119-62-58-85(18)54-30-50-81(14)46-26-42-77(10)38-22-34-73(3)4/h72-112H,21-71H2,1-20H3,(H,113,114)(H,115,116,117)/t76?,77?,78?,79?,80?,81?,82?,83?,84?,85?,86?,87?,88-,89-,90-,91-,92-,93-,94-,95+,96+,97+,98+,99-,100+,101-,102-,103+,104+/m1/s1. The molecule has 13 unspecified atom stereocenters. The van der Waals surface area contributed by atoms with Crippen LogP contribution < -0.4 is 0 Å². The van der Waals surface area contributed by atoms with E-state index in [1.165, 1.54) is 167 Å². The summed E-state index contributed by atoms with van der Waals surface area (Å²) in [6.07, 6.45) is 16.5. The molecule has 10 N–H and O–H groups in total. The average Bonchev–Trinajstić information content (AvgIpc) is 0.785. The minimum absolute atomic E-state index is 0.0725. The summed E-state index contributed by atoms with van der Waals surface area (Å²) in [6, 6.07) is 0. The van der Waals surface area contributed by atoms with Gasteiger partial charge in [-0.05, 0) is 120 Å². The minimum atomic E-state index is -5.30. The maximum Gasteiger partial charge on any atom is 0.472 e. The summed E-state index contributed by atoms with van der Waals surface area (Å²) in [7, 11) is -10.3. The predicted molar refractivity (Wildman–Crippen MR) is 525 cm³/mol. The molecule has 788 valence electrons. The van der Waals surface area contributed by atoms with E-state index in [9.17, 15) is 63.3 Å².